The minimum atomic E-state index is -0.295. The van der Waals surface area contributed by atoms with Gasteiger partial charge in [-0.1, -0.05) is 0 Å². The maximum Gasteiger partial charge on any atom is 0.308 e. The minimum absolute atomic E-state index is 0.220. The van der Waals surface area contributed by atoms with E-state index < -0.39 is 0 Å². The predicted octanol–water partition coefficient (Wildman–Crippen LogP) is 3.58. The number of pyridine rings is 1. The molecule has 0 radical (unpaired) electrons. The van der Waals surface area contributed by atoms with E-state index in [2.05, 4.69) is 25.7 Å². The number of carbonyl (C=O) groups is 1. The van der Waals surface area contributed by atoms with Crippen LogP contribution >= 0.6 is 15.9 Å². The lowest BCUT2D eigenvalue weighted by Gasteiger charge is -2.07. The lowest BCUT2D eigenvalue weighted by atomic mass is 10.3. The third kappa shape index (κ3) is 5.07. The summed E-state index contributed by atoms with van der Waals surface area (Å²) in [5.41, 5.74) is 0. The Morgan fingerprint density at radius 1 is 1.14 bits per heavy atom. The molecule has 0 aliphatic heterocycles. The molecule has 5 nitrogen and oxygen atoms in total. The number of methoxy groups -OCH3 is 1. The molecule has 1 aromatic carbocycles. The van der Waals surface area contributed by atoms with Gasteiger partial charge in [-0.05, 0) is 46.3 Å². The van der Waals surface area contributed by atoms with Gasteiger partial charge < -0.3 is 14.2 Å². The van der Waals surface area contributed by atoms with Gasteiger partial charge in [-0.15, -0.1) is 0 Å². The monoisotopic (exact) mass is 351 g/mol. The molecule has 2 rings (SSSR count). The molecule has 0 aliphatic rings. The predicted molar refractivity (Wildman–Crippen MR) is 80.6 cm³/mol. The highest BCUT2D eigenvalue weighted by Gasteiger charge is 2.02. The van der Waals surface area contributed by atoms with E-state index in [1.54, 1.807) is 36.5 Å². The number of rotatable bonds is 6. The van der Waals surface area contributed by atoms with Crippen molar-refractivity contribution >= 4 is 21.9 Å². The molecule has 0 unspecified atom stereocenters. The number of hydrogen-bond donors (Lipinski definition) is 0. The van der Waals surface area contributed by atoms with Gasteiger partial charge in [0.1, 0.15) is 11.5 Å². The highest BCUT2D eigenvalue weighted by Crippen LogP contribution is 2.23. The van der Waals surface area contributed by atoms with Gasteiger partial charge in [0.25, 0.3) is 0 Å². The van der Waals surface area contributed by atoms with Gasteiger partial charge in [0.2, 0.25) is 5.88 Å². The fourth-order valence-electron chi connectivity index (χ4n) is 1.50. The molecular weight excluding hydrogens is 338 g/mol. The summed E-state index contributed by atoms with van der Waals surface area (Å²) in [6.07, 6.45) is 1.89. The molecule has 0 N–H and O–H groups in total. The maximum absolute atomic E-state index is 11.0. The number of esters is 1. The third-order valence-corrected chi connectivity index (χ3v) is 3.02. The molecule has 0 aliphatic carbocycles. The van der Waals surface area contributed by atoms with Gasteiger partial charge in [0, 0.05) is 16.7 Å². The minimum Gasteiger partial charge on any atom is -0.493 e. The smallest absolute Gasteiger partial charge is 0.308 e. The van der Waals surface area contributed by atoms with Crippen LogP contribution in [0.4, 0.5) is 0 Å². The van der Waals surface area contributed by atoms with Gasteiger partial charge in [0.15, 0.2) is 0 Å². The van der Waals surface area contributed by atoms with E-state index in [9.17, 15) is 4.79 Å². The lowest BCUT2D eigenvalue weighted by molar-refractivity contribution is -0.141. The number of carbonyl (C=O) groups excluding carboxylic acids is 1. The van der Waals surface area contributed by atoms with E-state index in [1.165, 1.54) is 7.11 Å². The summed E-state index contributed by atoms with van der Waals surface area (Å²) in [4.78, 5) is 15.1. The van der Waals surface area contributed by atoms with E-state index in [-0.39, 0.29) is 19.0 Å². The Morgan fingerprint density at radius 3 is 2.48 bits per heavy atom. The molecule has 21 heavy (non-hydrogen) atoms. The van der Waals surface area contributed by atoms with Crippen molar-refractivity contribution in [2.24, 2.45) is 0 Å². The van der Waals surface area contributed by atoms with E-state index in [4.69, 9.17) is 9.47 Å². The maximum atomic E-state index is 11.0. The summed E-state index contributed by atoms with van der Waals surface area (Å²) in [5.74, 6) is 1.54. The molecular formula is C15H14BrNO4. The second kappa shape index (κ2) is 7.64. The highest BCUT2D eigenvalue weighted by molar-refractivity contribution is 9.10. The normalized spacial score (nSPS) is 10.0. The van der Waals surface area contributed by atoms with Crippen LogP contribution < -0.4 is 9.47 Å². The summed E-state index contributed by atoms with van der Waals surface area (Å²) in [7, 11) is 1.35. The Hall–Kier alpha value is -2.08. The largest absolute Gasteiger partial charge is 0.493 e. The van der Waals surface area contributed by atoms with Crippen molar-refractivity contribution in [3.05, 3.63) is 47.1 Å². The highest BCUT2D eigenvalue weighted by atomic mass is 79.9. The summed E-state index contributed by atoms with van der Waals surface area (Å²) in [5, 5.41) is 0. The number of halogens is 1. The van der Waals surface area contributed by atoms with Crippen molar-refractivity contribution < 1.29 is 19.0 Å². The topological polar surface area (TPSA) is 57.7 Å². The fourth-order valence-corrected chi connectivity index (χ4v) is 1.74. The van der Waals surface area contributed by atoms with Crippen molar-refractivity contribution in [3.8, 4) is 17.4 Å². The molecule has 0 saturated heterocycles. The standard InChI is InChI=1S/C15H14BrNO4/c1-19-15(18)8-9-20-12-3-5-13(6-4-12)21-14-7-2-11(16)10-17-14/h2-7,10H,8-9H2,1H3. The molecule has 0 amide bonds. The molecule has 1 aromatic heterocycles. The second-order valence-corrected chi connectivity index (χ2v) is 4.98. The van der Waals surface area contributed by atoms with Crippen molar-refractivity contribution in [2.45, 2.75) is 6.42 Å². The first-order valence-corrected chi connectivity index (χ1v) is 7.06. The van der Waals surface area contributed by atoms with Gasteiger partial charge in [-0.2, -0.15) is 0 Å². The molecule has 0 spiro atoms. The molecule has 1 heterocycles. The van der Waals surface area contributed by atoms with Crippen LogP contribution in [0.1, 0.15) is 6.42 Å². The summed E-state index contributed by atoms with van der Waals surface area (Å²) in [6.45, 7) is 0.279. The number of aromatic nitrogens is 1. The van der Waals surface area contributed by atoms with Crippen LogP contribution in [0, 0.1) is 0 Å². The van der Waals surface area contributed by atoms with Crippen LogP contribution in [0.2, 0.25) is 0 Å². The molecule has 0 atom stereocenters. The Morgan fingerprint density at radius 2 is 1.86 bits per heavy atom. The molecule has 2 aromatic rings. The van der Waals surface area contributed by atoms with Gasteiger partial charge >= 0.3 is 5.97 Å². The number of ether oxygens (including phenoxy) is 3. The van der Waals surface area contributed by atoms with Crippen molar-refractivity contribution in [2.75, 3.05) is 13.7 Å². The fraction of sp³-hybridized carbons (Fsp3) is 0.200. The molecule has 0 bridgehead atoms. The van der Waals surface area contributed by atoms with Crippen LogP contribution in [-0.4, -0.2) is 24.7 Å². The molecule has 0 saturated carbocycles. The van der Waals surface area contributed by atoms with Crippen molar-refractivity contribution in [1.82, 2.24) is 4.98 Å². The number of benzene rings is 1. The zero-order valence-electron chi connectivity index (χ0n) is 11.4. The Balaban J connectivity index is 1.86. The first kappa shape index (κ1) is 15.3. The van der Waals surface area contributed by atoms with E-state index in [1.807, 2.05) is 6.07 Å². The SMILES string of the molecule is COC(=O)CCOc1ccc(Oc2ccc(Br)cn2)cc1. The number of nitrogens with zero attached hydrogens (tertiary/aromatic N) is 1. The second-order valence-electron chi connectivity index (χ2n) is 4.06. The van der Waals surface area contributed by atoms with Crippen molar-refractivity contribution in [3.63, 3.8) is 0 Å². The van der Waals surface area contributed by atoms with Gasteiger partial charge in [-0.25, -0.2) is 4.98 Å². The summed E-state index contributed by atoms with van der Waals surface area (Å²) in [6, 6.07) is 10.7. The third-order valence-electron chi connectivity index (χ3n) is 2.55. The molecule has 0 fully saturated rings. The van der Waals surface area contributed by atoms with Crippen LogP contribution in [0.15, 0.2) is 47.1 Å². The summed E-state index contributed by atoms with van der Waals surface area (Å²) >= 11 is 3.31. The Bertz CT molecular complexity index is 584. The van der Waals surface area contributed by atoms with Crippen molar-refractivity contribution in [1.29, 1.82) is 0 Å². The Labute approximate surface area is 131 Å². The van der Waals surface area contributed by atoms with Crippen LogP contribution in [0.3, 0.4) is 0 Å². The Kier molecular flexibility index (Phi) is 5.57. The lowest BCUT2D eigenvalue weighted by Crippen LogP contribution is -2.07. The van der Waals surface area contributed by atoms with Gasteiger partial charge in [0.05, 0.1) is 20.1 Å². The average Bonchev–Trinajstić information content (AvgIpc) is 2.51. The molecule has 6 heteroatoms. The summed E-state index contributed by atoms with van der Waals surface area (Å²) < 4.78 is 16.4. The van der Waals surface area contributed by atoms with E-state index >= 15 is 0 Å². The zero-order chi connectivity index (χ0) is 15.1. The van der Waals surface area contributed by atoms with Crippen LogP contribution in [0.25, 0.3) is 0 Å². The van der Waals surface area contributed by atoms with Crippen LogP contribution in [-0.2, 0) is 9.53 Å². The van der Waals surface area contributed by atoms with E-state index in [0.717, 1.165) is 4.47 Å². The zero-order valence-corrected chi connectivity index (χ0v) is 13.0. The average molecular weight is 352 g/mol. The van der Waals surface area contributed by atoms with E-state index in [0.29, 0.717) is 17.4 Å². The number of hydrogen-bond acceptors (Lipinski definition) is 5. The quantitative estimate of drug-likeness (QED) is 0.744. The first-order chi connectivity index (χ1) is 10.2. The van der Waals surface area contributed by atoms with Gasteiger partial charge in [-0.3, -0.25) is 4.79 Å². The molecule has 110 valence electrons. The van der Waals surface area contributed by atoms with Crippen LogP contribution in [0.5, 0.6) is 17.4 Å². The first-order valence-electron chi connectivity index (χ1n) is 6.26.